The minimum absolute atomic E-state index is 0.181. The number of carbonyl (C=O) groups excluding carboxylic acids is 2. The summed E-state index contributed by atoms with van der Waals surface area (Å²) in [6.45, 7) is 3.49. The van der Waals surface area contributed by atoms with E-state index < -0.39 is 28.2 Å². The van der Waals surface area contributed by atoms with E-state index in [4.69, 9.17) is 14.2 Å². The molecule has 0 amide bonds. The van der Waals surface area contributed by atoms with E-state index in [1.54, 1.807) is 18.2 Å². The van der Waals surface area contributed by atoms with E-state index in [2.05, 4.69) is 15.2 Å². The molecule has 11 nitrogen and oxygen atoms in total. The van der Waals surface area contributed by atoms with Gasteiger partial charge in [0, 0.05) is 24.9 Å². The monoisotopic (exact) mass is 574 g/mol. The topological polar surface area (TPSA) is 146 Å². The standard InChI is InChI=1S/C31H34N4O7/c1-30(2,25-16-8-9-17-26(25)35(38)39)42-29(37)41-28(36)31(19-11-12-20-32-31)18-10-3-4-13-21-40-27-24(22-33-34-27)23-14-6-5-7-15-23/h5-9,11-12,14-17,20,22H,3-4,10,13,18-19,21H2,1-2H3,(H,33,34). The number of benzene rings is 2. The van der Waals surface area contributed by atoms with Crippen LogP contribution in [0.1, 0.15) is 57.9 Å². The van der Waals surface area contributed by atoms with Crippen molar-refractivity contribution >= 4 is 24.0 Å². The van der Waals surface area contributed by atoms with Crippen LogP contribution >= 0.6 is 0 Å². The normalized spacial score (nSPS) is 16.1. The van der Waals surface area contributed by atoms with Crippen molar-refractivity contribution in [3.8, 4) is 17.0 Å². The molecule has 1 aliphatic heterocycles. The number of rotatable bonds is 13. The molecule has 42 heavy (non-hydrogen) atoms. The molecule has 1 unspecified atom stereocenters. The summed E-state index contributed by atoms with van der Waals surface area (Å²) in [5.41, 5.74) is -0.749. The van der Waals surface area contributed by atoms with Gasteiger partial charge in [-0.05, 0) is 44.4 Å². The number of aliphatic imine (C=N–C) groups is 1. The number of H-pyrrole nitrogens is 1. The second-order valence-corrected chi connectivity index (χ2v) is 10.5. The van der Waals surface area contributed by atoms with Crippen molar-refractivity contribution < 1.29 is 28.7 Å². The third-order valence-electron chi connectivity index (χ3n) is 7.06. The zero-order valence-corrected chi connectivity index (χ0v) is 23.7. The number of para-hydroxylation sites is 1. The zero-order valence-electron chi connectivity index (χ0n) is 23.7. The molecule has 0 fully saturated rings. The predicted octanol–water partition coefficient (Wildman–Crippen LogP) is 6.70. The van der Waals surface area contributed by atoms with Crippen LogP contribution in [0.4, 0.5) is 10.5 Å². The highest BCUT2D eigenvalue weighted by molar-refractivity contribution is 5.92. The van der Waals surface area contributed by atoms with Crippen LogP contribution in [0.5, 0.6) is 5.88 Å². The molecule has 1 aliphatic rings. The highest BCUT2D eigenvalue weighted by atomic mass is 16.7. The second kappa shape index (κ2) is 13.7. The number of hydrogen-bond donors (Lipinski definition) is 1. The van der Waals surface area contributed by atoms with E-state index in [1.165, 1.54) is 38.3 Å². The van der Waals surface area contributed by atoms with Gasteiger partial charge in [-0.3, -0.25) is 20.2 Å². The summed E-state index contributed by atoms with van der Waals surface area (Å²) in [7, 11) is 0. The van der Waals surface area contributed by atoms with Gasteiger partial charge in [-0.1, -0.05) is 67.8 Å². The summed E-state index contributed by atoms with van der Waals surface area (Å²) in [5, 5.41) is 18.5. The molecule has 1 N–H and O–H groups in total. The van der Waals surface area contributed by atoms with Crippen molar-refractivity contribution in [2.45, 2.75) is 63.5 Å². The van der Waals surface area contributed by atoms with E-state index >= 15 is 0 Å². The SMILES string of the molecule is CC(C)(OC(=O)OC(=O)C1(CCCCCCOc2n[nH]cc2-c2ccccc2)CC=CC=N1)c1ccccc1[N+](=O)[O-]. The second-order valence-electron chi connectivity index (χ2n) is 10.5. The molecule has 4 rings (SSSR count). The maximum absolute atomic E-state index is 13.2. The number of allylic oxidation sites excluding steroid dienone is 1. The van der Waals surface area contributed by atoms with Crippen LogP contribution < -0.4 is 4.74 Å². The van der Waals surface area contributed by atoms with Crippen molar-refractivity contribution in [2.75, 3.05) is 6.61 Å². The fourth-order valence-corrected chi connectivity index (χ4v) is 4.82. The number of ether oxygens (including phenoxy) is 3. The first-order valence-corrected chi connectivity index (χ1v) is 13.8. The molecule has 0 radical (unpaired) electrons. The van der Waals surface area contributed by atoms with E-state index in [0.29, 0.717) is 25.3 Å². The molecule has 0 bridgehead atoms. The van der Waals surface area contributed by atoms with Crippen molar-refractivity contribution in [1.82, 2.24) is 10.2 Å². The summed E-state index contributed by atoms with van der Waals surface area (Å²) < 4.78 is 16.4. The third-order valence-corrected chi connectivity index (χ3v) is 7.06. The molecule has 0 aliphatic carbocycles. The van der Waals surface area contributed by atoms with Gasteiger partial charge in [0.05, 0.1) is 22.7 Å². The minimum Gasteiger partial charge on any atom is -0.476 e. The molecule has 0 saturated heterocycles. The molecule has 1 aromatic heterocycles. The lowest BCUT2D eigenvalue weighted by Gasteiger charge is -2.29. The van der Waals surface area contributed by atoms with Gasteiger partial charge in [-0.2, -0.15) is 0 Å². The van der Waals surface area contributed by atoms with Crippen molar-refractivity contribution in [3.63, 3.8) is 0 Å². The number of aromatic amines is 1. The Morgan fingerprint density at radius 3 is 2.52 bits per heavy atom. The average molecular weight is 575 g/mol. The molecule has 0 saturated carbocycles. The number of unbranched alkanes of at least 4 members (excludes halogenated alkanes) is 3. The maximum Gasteiger partial charge on any atom is 0.517 e. The molecule has 11 heteroatoms. The molecule has 2 aromatic carbocycles. The predicted molar refractivity (Wildman–Crippen MR) is 156 cm³/mol. The average Bonchev–Trinajstić information content (AvgIpc) is 3.46. The number of nitrogens with zero attached hydrogens (tertiary/aromatic N) is 3. The lowest BCUT2D eigenvalue weighted by molar-refractivity contribution is -0.386. The van der Waals surface area contributed by atoms with Crippen molar-refractivity contribution in [2.24, 2.45) is 4.99 Å². The number of nitrogens with one attached hydrogen (secondary N) is 1. The van der Waals surface area contributed by atoms with Gasteiger partial charge in [-0.15, -0.1) is 5.10 Å². The first kappa shape index (κ1) is 30.2. The van der Waals surface area contributed by atoms with Gasteiger partial charge in [0.1, 0.15) is 5.60 Å². The van der Waals surface area contributed by atoms with Crippen LogP contribution in [0.3, 0.4) is 0 Å². The highest BCUT2D eigenvalue weighted by Gasteiger charge is 2.41. The number of aromatic nitrogens is 2. The number of esters is 1. The Morgan fingerprint density at radius 1 is 1.05 bits per heavy atom. The van der Waals surface area contributed by atoms with Gasteiger partial charge < -0.3 is 14.2 Å². The van der Waals surface area contributed by atoms with E-state index in [9.17, 15) is 19.7 Å². The third kappa shape index (κ3) is 7.48. The lowest BCUT2D eigenvalue weighted by Crippen LogP contribution is -2.41. The van der Waals surface area contributed by atoms with Crippen LogP contribution in [0.2, 0.25) is 0 Å². The van der Waals surface area contributed by atoms with Crippen LogP contribution in [-0.2, 0) is 19.9 Å². The molecular weight excluding hydrogens is 540 g/mol. The van der Waals surface area contributed by atoms with E-state index in [1.807, 2.05) is 36.5 Å². The summed E-state index contributed by atoms with van der Waals surface area (Å²) in [6.07, 6.45) is 9.46. The zero-order chi connectivity index (χ0) is 30.0. The molecule has 3 aromatic rings. The molecular formula is C31H34N4O7. The van der Waals surface area contributed by atoms with Gasteiger partial charge >= 0.3 is 12.1 Å². The lowest BCUT2D eigenvalue weighted by atomic mass is 9.88. The fraction of sp³-hybridized carbons (Fsp3) is 0.355. The van der Waals surface area contributed by atoms with Gasteiger partial charge in [0.25, 0.3) is 5.69 Å². The molecule has 220 valence electrons. The van der Waals surface area contributed by atoms with E-state index in [0.717, 1.165) is 30.4 Å². The summed E-state index contributed by atoms with van der Waals surface area (Å²) in [6, 6.07) is 15.8. The molecule has 1 atom stereocenters. The largest absolute Gasteiger partial charge is 0.517 e. The van der Waals surface area contributed by atoms with Crippen LogP contribution in [0.25, 0.3) is 11.1 Å². The number of dihydropyridines is 1. The smallest absolute Gasteiger partial charge is 0.476 e. The Bertz CT molecular complexity index is 1450. The number of nitro groups is 1. The summed E-state index contributed by atoms with van der Waals surface area (Å²) >= 11 is 0. The van der Waals surface area contributed by atoms with Crippen molar-refractivity contribution in [1.29, 1.82) is 0 Å². The van der Waals surface area contributed by atoms with Gasteiger partial charge in [0.2, 0.25) is 5.88 Å². The van der Waals surface area contributed by atoms with E-state index in [-0.39, 0.29) is 17.7 Å². The molecule has 2 heterocycles. The Morgan fingerprint density at radius 2 is 1.79 bits per heavy atom. The van der Waals surface area contributed by atoms with Crippen LogP contribution in [-0.4, -0.2) is 45.6 Å². The van der Waals surface area contributed by atoms with Crippen LogP contribution in [0.15, 0.2) is 77.9 Å². The number of hydrogen-bond acceptors (Lipinski definition) is 9. The van der Waals surface area contributed by atoms with Crippen LogP contribution in [0, 0.1) is 10.1 Å². The Balaban J connectivity index is 1.25. The summed E-state index contributed by atoms with van der Waals surface area (Å²) in [5.74, 6) is -0.259. The Hall–Kier alpha value is -4.80. The van der Waals surface area contributed by atoms with Crippen molar-refractivity contribution in [3.05, 3.63) is 88.6 Å². The minimum atomic E-state index is -1.41. The van der Waals surface area contributed by atoms with Gasteiger partial charge in [0.15, 0.2) is 5.54 Å². The maximum atomic E-state index is 13.2. The van der Waals surface area contributed by atoms with Gasteiger partial charge in [-0.25, -0.2) is 9.59 Å². The Kier molecular flexibility index (Phi) is 9.85. The first-order chi connectivity index (χ1) is 20.2. The number of carbonyl (C=O) groups is 2. The first-order valence-electron chi connectivity index (χ1n) is 13.8. The fourth-order valence-electron chi connectivity index (χ4n) is 4.82. The Labute approximate surface area is 243 Å². The number of nitro benzene ring substituents is 1. The quantitative estimate of drug-likeness (QED) is 0.0780. The highest BCUT2D eigenvalue weighted by Crippen LogP contribution is 2.34. The summed E-state index contributed by atoms with van der Waals surface area (Å²) in [4.78, 5) is 41.1. The molecule has 0 spiro atoms.